The monoisotopic (exact) mass is 351 g/mol. The number of carbonyl (C=O) groups excluding carboxylic acids is 2. The number of aliphatic hydroxyl groups is 1. The van der Waals surface area contributed by atoms with E-state index in [1.165, 1.54) is 11.3 Å². The second kappa shape index (κ2) is 7.26. The number of nitrogens with zero attached hydrogens (tertiary/aromatic N) is 2. The van der Waals surface area contributed by atoms with Crippen LogP contribution in [0.2, 0.25) is 5.02 Å². The third kappa shape index (κ3) is 3.88. The molecule has 1 aromatic heterocycles. The molecule has 0 fully saturated rings. The van der Waals surface area contributed by atoms with Gasteiger partial charge in [-0.05, 0) is 18.6 Å². The molecule has 120 valence electrons. The fraction of sp³-hybridized carbons (Fsp3) is 0.133. The number of aliphatic hydroxyl groups excluding tert-OH is 1. The quantitative estimate of drug-likeness (QED) is 0.386. The zero-order chi connectivity index (χ0) is 17.0. The molecule has 0 saturated carbocycles. The summed E-state index contributed by atoms with van der Waals surface area (Å²) in [6, 6.07) is 5.11. The van der Waals surface area contributed by atoms with E-state index in [0.29, 0.717) is 21.8 Å². The van der Waals surface area contributed by atoms with Gasteiger partial charge >= 0.3 is 0 Å². The maximum Gasteiger partial charge on any atom is 0.288 e. The molecular weight excluding hydrogens is 338 g/mol. The van der Waals surface area contributed by atoms with E-state index in [2.05, 4.69) is 10.3 Å². The predicted molar refractivity (Wildman–Crippen MR) is 89.4 cm³/mol. The first kappa shape index (κ1) is 17.0. The van der Waals surface area contributed by atoms with E-state index >= 15 is 0 Å². The van der Waals surface area contributed by atoms with E-state index in [0.717, 1.165) is 5.56 Å². The minimum absolute atomic E-state index is 0.352. The highest BCUT2D eigenvalue weighted by atomic mass is 35.5. The summed E-state index contributed by atoms with van der Waals surface area (Å²) in [6.45, 7) is 1.79. The Bertz CT molecular complexity index is 852. The second-order valence-corrected chi connectivity index (χ2v) is 5.90. The lowest BCUT2D eigenvalue weighted by atomic mass is 10.2. The Kier molecular flexibility index (Phi) is 5.36. The molecule has 2 aromatic rings. The molecule has 2 rings (SSSR count). The van der Waals surface area contributed by atoms with Gasteiger partial charge in [0.25, 0.3) is 11.8 Å². The Labute approximate surface area is 141 Å². The molecular formula is C15H14ClN3O3S. The van der Waals surface area contributed by atoms with Crippen molar-refractivity contribution in [2.24, 2.45) is 12.0 Å². The number of rotatable bonds is 3. The van der Waals surface area contributed by atoms with Crippen molar-refractivity contribution in [1.29, 1.82) is 0 Å². The van der Waals surface area contributed by atoms with Crippen molar-refractivity contribution in [2.45, 2.75) is 6.92 Å². The summed E-state index contributed by atoms with van der Waals surface area (Å²) in [5.74, 6) is -1.63. The van der Waals surface area contributed by atoms with Crippen LogP contribution in [0.15, 0.2) is 46.6 Å². The van der Waals surface area contributed by atoms with Crippen molar-refractivity contribution in [3.05, 3.63) is 57.0 Å². The molecule has 0 aliphatic rings. The number of aromatic nitrogens is 1. The minimum atomic E-state index is -0.841. The third-order valence-corrected chi connectivity index (χ3v) is 4.35. The van der Waals surface area contributed by atoms with Gasteiger partial charge in [0.05, 0.1) is 17.0 Å². The highest BCUT2D eigenvalue weighted by Gasteiger charge is 2.19. The Hall–Kier alpha value is -2.38. The molecule has 1 heterocycles. The van der Waals surface area contributed by atoms with Gasteiger partial charge in [-0.3, -0.25) is 9.59 Å². The predicted octanol–water partition coefficient (Wildman–Crippen LogP) is 2.56. The minimum Gasteiger partial charge on any atom is -0.515 e. The van der Waals surface area contributed by atoms with E-state index in [1.807, 2.05) is 0 Å². The van der Waals surface area contributed by atoms with Crippen LogP contribution in [0.1, 0.15) is 5.56 Å². The molecule has 2 N–H and O–H groups in total. The van der Waals surface area contributed by atoms with Crippen LogP contribution in [0, 0.1) is 6.92 Å². The molecule has 8 heteroatoms. The number of aryl methyl sites for hydroxylation is 2. The molecule has 0 radical (unpaired) electrons. The van der Waals surface area contributed by atoms with E-state index in [4.69, 9.17) is 11.6 Å². The van der Waals surface area contributed by atoms with Gasteiger partial charge < -0.3 is 15.0 Å². The average molecular weight is 352 g/mol. The summed E-state index contributed by atoms with van der Waals surface area (Å²) in [5.41, 5.74) is 0.655. The van der Waals surface area contributed by atoms with E-state index < -0.39 is 17.4 Å². The van der Waals surface area contributed by atoms with Crippen molar-refractivity contribution in [3.8, 4) is 0 Å². The molecule has 0 spiro atoms. The SMILES string of the molecule is Cc1cccc(NC(=O)/C(=C\O)C(=O)N=c2sccn2C)c1Cl. The Morgan fingerprint density at radius 1 is 1.43 bits per heavy atom. The first-order chi connectivity index (χ1) is 10.9. The molecule has 1 aromatic carbocycles. The van der Waals surface area contributed by atoms with Crippen LogP contribution in [-0.2, 0) is 16.6 Å². The van der Waals surface area contributed by atoms with Crippen LogP contribution >= 0.6 is 22.9 Å². The van der Waals surface area contributed by atoms with Crippen LogP contribution < -0.4 is 10.1 Å². The van der Waals surface area contributed by atoms with Crippen molar-refractivity contribution in [3.63, 3.8) is 0 Å². The van der Waals surface area contributed by atoms with Crippen molar-refractivity contribution in [1.82, 2.24) is 4.57 Å². The molecule has 0 atom stereocenters. The molecule has 0 aliphatic heterocycles. The number of anilines is 1. The largest absolute Gasteiger partial charge is 0.515 e. The van der Waals surface area contributed by atoms with Crippen LogP contribution in [0.3, 0.4) is 0 Å². The lowest BCUT2D eigenvalue weighted by Crippen LogP contribution is -2.22. The van der Waals surface area contributed by atoms with E-state index in [-0.39, 0.29) is 0 Å². The molecule has 0 aliphatic carbocycles. The van der Waals surface area contributed by atoms with Gasteiger partial charge in [0.2, 0.25) is 0 Å². The topological polar surface area (TPSA) is 83.7 Å². The summed E-state index contributed by atoms with van der Waals surface area (Å²) in [5, 5.41) is 13.8. The van der Waals surface area contributed by atoms with E-state index in [9.17, 15) is 14.7 Å². The molecule has 6 nitrogen and oxygen atoms in total. The number of hydrogen-bond acceptors (Lipinski definition) is 4. The van der Waals surface area contributed by atoms with E-state index in [1.54, 1.807) is 48.3 Å². The smallest absolute Gasteiger partial charge is 0.288 e. The van der Waals surface area contributed by atoms with Gasteiger partial charge in [-0.25, -0.2) is 0 Å². The molecule has 23 heavy (non-hydrogen) atoms. The summed E-state index contributed by atoms with van der Waals surface area (Å²) >= 11 is 7.33. The number of nitrogens with one attached hydrogen (secondary N) is 1. The Morgan fingerprint density at radius 2 is 2.17 bits per heavy atom. The number of benzene rings is 1. The number of hydrogen-bond donors (Lipinski definition) is 2. The van der Waals surface area contributed by atoms with Crippen LogP contribution in [0.5, 0.6) is 0 Å². The number of carbonyl (C=O) groups is 2. The molecule has 0 bridgehead atoms. The van der Waals surface area contributed by atoms with Gasteiger partial charge in [-0.2, -0.15) is 4.99 Å². The first-order valence-electron chi connectivity index (χ1n) is 6.54. The highest BCUT2D eigenvalue weighted by Crippen LogP contribution is 2.25. The van der Waals surface area contributed by atoms with Gasteiger partial charge in [0.15, 0.2) is 4.80 Å². The van der Waals surface area contributed by atoms with Crippen LogP contribution in [-0.4, -0.2) is 21.5 Å². The fourth-order valence-corrected chi connectivity index (χ4v) is 2.63. The average Bonchev–Trinajstić information content (AvgIpc) is 2.90. The summed E-state index contributed by atoms with van der Waals surface area (Å²) in [7, 11) is 1.72. The number of amides is 2. The van der Waals surface area contributed by atoms with Crippen molar-refractivity contribution < 1.29 is 14.7 Å². The Balaban J connectivity index is 2.25. The fourth-order valence-electron chi connectivity index (χ4n) is 1.73. The lowest BCUT2D eigenvalue weighted by molar-refractivity contribution is -0.119. The summed E-state index contributed by atoms with van der Waals surface area (Å²) < 4.78 is 1.63. The summed E-state index contributed by atoms with van der Waals surface area (Å²) in [4.78, 5) is 28.5. The second-order valence-electron chi connectivity index (χ2n) is 4.65. The van der Waals surface area contributed by atoms with Crippen LogP contribution in [0.25, 0.3) is 0 Å². The zero-order valence-electron chi connectivity index (χ0n) is 12.4. The zero-order valence-corrected chi connectivity index (χ0v) is 14.0. The maximum absolute atomic E-state index is 12.2. The molecule has 0 unspecified atom stereocenters. The number of halogens is 1. The summed E-state index contributed by atoms with van der Waals surface area (Å²) in [6.07, 6.45) is 2.17. The Morgan fingerprint density at radius 3 is 2.78 bits per heavy atom. The highest BCUT2D eigenvalue weighted by molar-refractivity contribution is 7.07. The van der Waals surface area contributed by atoms with Gasteiger partial charge in [0, 0.05) is 18.6 Å². The standard InChI is InChI=1S/C15H14ClN3O3S/c1-9-4-3-5-11(12(9)16)17-13(21)10(8-20)14(22)18-15-19(2)6-7-23-15/h3-8,20H,1-2H3,(H,17,21)/b10-8+,18-15?. The third-order valence-electron chi connectivity index (χ3n) is 3.00. The normalized spacial score (nSPS) is 12.3. The van der Waals surface area contributed by atoms with Gasteiger partial charge in [-0.1, -0.05) is 23.7 Å². The van der Waals surface area contributed by atoms with Crippen molar-refractivity contribution in [2.75, 3.05) is 5.32 Å². The van der Waals surface area contributed by atoms with Gasteiger partial charge in [-0.15, -0.1) is 11.3 Å². The number of thiazole rings is 1. The maximum atomic E-state index is 12.2. The van der Waals surface area contributed by atoms with Crippen LogP contribution in [0.4, 0.5) is 5.69 Å². The first-order valence-corrected chi connectivity index (χ1v) is 7.80. The van der Waals surface area contributed by atoms with Gasteiger partial charge in [0.1, 0.15) is 5.57 Å². The molecule has 0 saturated heterocycles. The molecule has 2 amide bonds. The lowest BCUT2D eigenvalue weighted by Gasteiger charge is -2.09. The van der Waals surface area contributed by atoms with Crippen molar-refractivity contribution >= 4 is 40.4 Å².